The lowest BCUT2D eigenvalue weighted by Crippen LogP contribution is -2.57. The fourth-order valence-electron chi connectivity index (χ4n) is 2.23. The molecule has 0 atom stereocenters. The van der Waals surface area contributed by atoms with E-state index in [1.54, 1.807) is 0 Å². The molecule has 6 nitrogen and oxygen atoms in total. The highest BCUT2D eigenvalue weighted by molar-refractivity contribution is 6.60. The Hall–Kier alpha value is -0.0231. The Morgan fingerprint density at radius 1 is 0.565 bits per heavy atom. The van der Waals surface area contributed by atoms with Gasteiger partial charge in [-0.15, -0.1) is 0 Å². The first-order valence-electron chi connectivity index (χ1n) is 9.36. The molecule has 0 N–H and O–H groups in total. The molecule has 23 heavy (non-hydrogen) atoms. The summed E-state index contributed by atoms with van der Waals surface area (Å²) in [6.07, 6.45) is 2.13. The van der Waals surface area contributed by atoms with Crippen molar-refractivity contribution < 1.29 is 13.6 Å². The maximum Gasteiger partial charge on any atom is 0.552 e. The van der Waals surface area contributed by atoms with Gasteiger partial charge in [-0.3, -0.25) is 13.6 Å². The quantitative estimate of drug-likeness (QED) is 0.332. The van der Waals surface area contributed by atoms with Gasteiger partial charge in [0.1, 0.15) is 0 Å². The summed E-state index contributed by atoms with van der Waals surface area (Å²) in [5.74, 6) is 0. The van der Waals surface area contributed by atoms with Crippen LogP contribution in [0.1, 0.15) is 61.3 Å². The van der Waals surface area contributed by atoms with E-state index in [0.29, 0.717) is 0 Å². The molecule has 0 heterocycles. The third-order valence-corrected chi connectivity index (χ3v) is 6.33. The Bertz CT molecular complexity index is 237. The Morgan fingerprint density at radius 3 is 1.09 bits per heavy atom. The third kappa shape index (κ3) is 8.58. The topological polar surface area (TPSA) is 37.4 Å². The number of nitrogens with zero attached hydrogens (tertiary/aromatic N) is 3. The van der Waals surface area contributed by atoms with Gasteiger partial charge in [0.2, 0.25) is 0 Å². The largest absolute Gasteiger partial charge is 0.552 e. The zero-order valence-electron chi connectivity index (χ0n) is 16.4. The molecule has 0 aromatic rings. The summed E-state index contributed by atoms with van der Waals surface area (Å²) >= 11 is 0. The van der Waals surface area contributed by atoms with Gasteiger partial charge >= 0.3 is 8.80 Å². The Kier molecular flexibility index (Phi) is 13.3. The molecule has 0 spiro atoms. The van der Waals surface area contributed by atoms with E-state index in [4.69, 9.17) is 13.6 Å². The molecule has 7 heteroatoms. The summed E-state index contributed by atoms with van der Waals surface area (Å²) in [5.41, 5.74) is 0. The van der Waals surface area contributed by atoms with E-state index in [1.807, 2.05) is 15.2 Å². The molecule has 0 radical (unpaired) electrons. The van der Waals surface area contributed by atoms with E-state index in [-0.39, 0.29) is 0 Å². The molecular weight excluding hydrogens is 310 g/mol. The molecule has 140 valence electrons. The molecule has 0 bridgehead atoms. The first kappa shape index (κ1) is 23.0. The van der Waals surface area contributed by atoms with Crippen LogP contribution in [0.25, 0.3) is 0 Å². The summed E-state index contributed by atoms with van der Waals surface area (Å²) in [5, 5.41) is 5.86. The maximum atomic E-state index is 6.35. The van der Waals surface area contributed by atoms with Crippen molar-refractivity contribution in [3.8, 4) is 0 Å². The van der Waals surface area contributed by atoms with Crippen LogP contribution in [-0.4, -0.2) is 63.3 Å². The Labute approximate surface area is 144 Å². The summed E-state index contributed by atoms with van der Waals surface area (Å²) in [6.45, 7) is 19.7. The molecule has 0 aromatic heterocycles. The second-order valence-electron chi connectivity index (χ2n) is 5.40. The fourth-order valence-corrected chi connectivity index (χ4v) is 5.34. The molecule has 0 aliphatic rings. The molecule has 0 unspecified atom stereocenters. The SMILES string of the molecule is CCCC[Si](ON(CC)CC)(ON(CC)CC)ON(CC)CC. The van der Waals surface area contributed by atoms with Gasteiger partial charge in [-0.1, -0.05) is 54.9 Å². The van der Waals surface area contributed by atoms with E-state index in [9.17, 15) is 0 Å². The third-order valence-electron chi connectivity index (χ3n) is 3.76. The van der Waals surface area contributed by atoms with Crippen LogP contribution in [-0.2, 0) is 13.6 Å². The van der Waals surface area contributed by atoms with Crippen molar-refractivity contribution in [2.24, 2.45) is 0 Å². The minimum Gasteiger partial charge on any atom is -0.284 e. The highest BCUT2D eigenvalue weighted by atomic mass is 28.4. The zero-order valence-corrected chi connectivity index (χ0v) is 17.4. The van der Waals surface area contributed by atoms with Crippen molar-refractivity contribution in [3.63, 3.8) is 0 Å². The molecule has 0 amide bonds. The van der Waals surface area contributed by atoms with Gasteiger partial charge < -0.3 is 0 Å². The minimum atomic E-state index is -2.85. The van der Waals surface area contributed by atoms with Gasteiger partial charge in [-0.05, 0) is 6.42 Å². The predicted octanol–water partition coefficient (Wildman–Crippen LogP) is 3.55. The van der Waals surface area contributed by atoms with Crippen molar-refractivity contribution in [1.82, 2.24) is 15.2 Å². The van der Waals surface area contributed by atoms with Crippen molar-refractivity contribution >= 4 is 8.80 Å². The first-order chi connectivity index (χ1) is 11.0. The van der Waals surface area contributed by atoms with E-state index in [0.717, 1.165) is 58.2 Å². The average Bonchev–Trinajstić information content (AvgIpc) is 2.60. The number of unbranched alkanes of at least 4 members (excludes halogenated alkanes) is 1. The molecule has 0 aromatic carbocycles. The van der Waals surface area contributed by atoms with Crippen LogP contribution in [0.15, 0.2) is 0 Å². The van der Waals surface area contributed by atoms with Crippen molar-refractivity contribution in [2.45, 2.75) is 67.4 Å². The van der Waals surface area contributed by atoms with Crippen LogP contribution in [0.4, 0.5) is 0 Å². The predicted molar refractivity (Wildman–Crippen MR) is 97.5 cm³/mol. The second-order valence-corrected chi connectivity index (χ2v) is 7.82. The van der Waals surface area contributed by atoms with Gasteiger partial charge in [0.25, 0.3) is 0 Å². The molecule has 0 aliphatic carbocycles. The first-order valence-corrected chi connectivity index (χ1v) is 11.3. The minimum absolute atomic E-state index is 0.820. The molecule has 0 aliphatic heterocycles. The van der Waals surface area contributed by atoms with Gasteiger partial charge in [0, 0.05) is 45.3 Å². The molecule has 0 saturated carbocycles. The highest BCUT2D eigenvalue weighted by Gasteiger charge is 2.47. The van der Waals surface area contributed by atoms with Crippen LogP contribution < -0.4 is 0 Å². The summed E-state index contributed by atoms with van der Waals surface area (Å²) in [6, 6.07) is 0.826. The van der Waals surface area contributed by atoms with Crippen LogP contribution >= 0.6 is 0 Å². The van der Waals surface area contributed by atoms with Crippen LogP contribution in [0, 0.1) is 0 Å². The highest BCUT2D eigenvalue weighted by Crippen LogP contribution is 2.23. The lowest BCUT2D eigenvalue weighted by atomic mass is 10.4. The maximum absolute atomic E-state index is 6.35. The lowest BCUT2D eigenvalue weighted by molar-refractivity contribution is -0.223. The second kappa shape index (κ2) is 13.3. The van der Waals surface area contributed by atoms with Crippen LogP contribution in [0.3, 0.4) is 0 Å². The fraction of sp³-hybridized carbons (Fsp3) is 1.00. The molecular formula is C16H39N3O3Si. The summed E-state index contributed by atoms with van der Waals surface area (Å²) < 4.78 is 19.1. The monoisotopic (exact) mass is 349 g/mol. The van der Waals surface area contributed by atoms with Crippen LogP contribution in [0.5, 0.6) is 0 Å². The van der Waals surface area contributed by atoms with E-state index in [2.05, 4.69) is 48.5 Å². The van der Waals surface area contributed by atoms with Gasteiger partial charge in [-0.25, -0.2) is 0 Å². The van der Waals surface area contributed by atoms with Gasteiger partial charge in [-0.2, -0.15) is 15.2 Å². The van der Waals surface area contributed by atoms with E-state index >= 15 is 0 Å². The molecule has 0 rings (SSSR count). The standard InChI is InChI=1S/C16H39N3O3Si/c1-8-15-16-23(20-17(9-2)10-3,21-18(11-4)12-5)22-19(13-6)14-7/h8-16H2,1-7H3. The number of hydrogen-bond acceptors (Lipinski definition) is 6. The van der Waals surface area contributed by atoms with Gasteiger partial charge in [0.15, 0.2) is 0 Å². The smallest absolute Gasteiger partial charge is 0.284 e. The Morgan fingerprint density at radius 2 is 0.870 bits per heavy atom. The molecule has 0 saturated heterocycles. The number of hydroxylamine groups is 6. The average molecular weight is 350 g/mol. The van der Waals surface area contributed by atoms with Crippen molar-refractivity contribution in [1.29, 1.82) is 0 Å². The van der Waals surface area contributed by atoms with E-state index in [1.165, 1.54) is 0 Å². The van der Waals surface area contributed by atoms with Crippen molar-refractivity contribution in [3.05, 3.63) is 0 Å². The molecule has 0 fully saturated rings. The van der Waals surface area contributed by atoms with Crippen molar-refractivity contribution in [2.75, 3.05) is 39.3 Å². The summed E-state index contributed by atoms with van der Waals surface area (Å²) in [4.78, 5) is 0. The zero-order chi connectivity index (χ0) is 17.7. The number of hydrogen-bond donors (Lipinski definition) is 0. The van der Waals surface area contributed by atoms with E-state index < -0.39 is 8.80 Å². The van der Waals surface area contributed by atoms with Crippen LogP contribution in [0.2, 0.25) is 6.04 Å². The summed E-state index contributed by atoms with van der Waals surface area (Å²) in [7, 11) is -2.85. The lowest BCUT2D eigenvalue weighted by Gasteiger charge is -2.38. The Balaban J connectivity index is 5.38. The normalized spacial score (nSPS) is 12.8. The van der Waals surface area contributed by atoms with Gasteiger partial charge in [0.05, 0.1) is 0 Å². The number of rotatable bonds is 15.